The van der Waals surface area contributed by atoms with Crippen LogP contribution in [-0.2, 0) is 4.74 Å². The van der Waals surface area contributed by atoms with Crippen LogP contribution < -0.4 is 5.32 Å². The molecule has 0 atom stereocenters. The van der Waals surface area contributed by atoms with Crippen molar-refractivity contribution in [2.45, 2.75) is 20.3 Å². The molecule has 2 heteroatoms. The summed E-state index contributed by atoms with van der Waals surface area (Å²) in [4.78, 5) is 0. The van der Waals surface area contributed by atoms with Crippen LogP contribution in [0.4, 0.5) is 0 Å². The first kappa shape index (κ1) is 8.34. The molecule has 0 saturated carbocycles. The predicted molar refractivity (Wildman–Crippen MR) is 39.1 cm³/mol. The van der Waals surface area contributed by atoms with Crippen LogP contribution >= 0.6 is 0 Å². The molecule has 0 bridgehead atoms. The second-order valence-corrected chi connectivity index (χ2v) is 1.78. The van der Waals surface area contributed by atoms with E-state index in [2.05, 4.69) is 18.8 Å². The largest absolute Gasteiger partial charge is 0.480 e. The summed E-state index contributed by atoms with van der Waals surface area (Å²) in [5.74, 6) is 0.680. The van der Waals surface area contributed by atoms with Gasteiger partial charge in [-0.3, -0.25) is 0 Å². The van der Waals surface area contributed by atoms with Gasteiger partial charge in [0, 0.05) is 6.54 Å². The van der Waals surface area contributed by atoms with Crippen LogP contribution in [0.15, 0.2) is 12.5 Å². The molecule has 0 heterocycles. The van der Waals surface area contributed by atoms with E-state index in [1.54, 1.807) is 0 Å². The quantitative estimate of drug-likeness (QED) is 0.568. The number of nitrogens with one attached hydrogen (secondary N) is 1. The van der Waals surface area contributed by atoms with E-state index in [1.165, 1.54) is 0 Å². The van der Waals surface area contributed by atoms with Gasteiger partial charge in [-0.05, 0) is 19.9 Å². The molecule has 0 aromatic carbocycles. The van der Waals surface area contributed by atoms with Crippen molar-refractivity contribution in [3.63, 3.8) is 0 Å². The maximum Gasteiger partial charge on any atom is 0.179 e. The van der Waals surface area contributed by atoms with Crippen LogP contribution in [-0.4, -0.2) is 13.2 Å². The average Bonchev–Trinajstić information content (AvgIpc) is 1.85. The number of hydrogen-bond donors (Lipinski definition) is 1. The summed E-state index contributed by atoms with van der Waals surface area (Å²) < 4.78 is 5.04. The van der Waals surface area contributed by atoms with Gasteiger partial charge in [0.1, 0.15) is 0 Å². The van der Waals surface area contributed by atoms with E-state index in [4.69, 9.17) is 4.74 Å². The van der Waals surface area contributed by atoms with Crippen molar-refractivity contribution >= 4 is 0 Å². The second-order valence-electron chi connectivity index (χ2n) is 1.78. The Morgan fingerprint density at radius 1 is 1.56 bits per heavy atom. The second kappa shape index (κ2) is 5.48. The van der Waals surface area contributed by atoms with Gasteiger partial charge in [0.05, 0.1) is 6.61 Å². The van der Waals surface area contributed by atoms with Crippen LogP contribution in [0, 0.1) is 0 Å². The van der Waals surface area contributed by atoms with Crippen LogP contribution in [0.1, 0.15) is 20.3 Å². The van der Waals surface area contributed by atoms with Gasteiger partial charge in [0.25, 0.3) is 0 Å². The van der Waals surface area contributed by atoms with Crippen molar-refractivity contribution in [3.05, 3.63) is 12.5 Å². The third-order valence-electron chi connectivity index (χ3n) is 0.891. The summed E-state index contributed by atoms with van der Waals surface area (Å²) in [5, 5.41) is 3.02. The zero-order valence-electron chi connectivity index (χ0n) is 6.24. The van der Waals surface area contributed by atoms with Crippen LogP contribution in [0.25, 0.3) is 0 Å². The van der Waals surface area contributed by atoms with E-state index in [0.29, 0.717) is 12.5 Å². The highest BCUT2D eigenvalue weighted by Crippen LogP contribution is 1.85. The van der Waals surface area contributed by atoms with E-state index >= 15 is 0 Å². The first-order valence-corrected chi connectivity index (χ1v) is 3.36. The molecule has 0 radical (unpaired) electrons. The first-order valence-electron chi connectivity index (χ1n) is 3.36. The molecule has 0 aliphatic carbocycles. The lowest BCUT2D eigenvalue weighted by Crippen LogP contribution is -2.15. The summed E-state index contributed by atoms with van der Waals surface area (Å²) in [6, 6.07) is 0. The molecule has 0 amide bonds. The number of hydrogen-bond acceptors (Lipinski definition) is 2. The molecular weight excluding hydrogens is 114 g/mol. The number of rotatable bonds is 5. The SMILES string of the molecule is C=C(NCCC)OCC. The van der Waals surface area contributed by atoms with Crippen molar-refractivity contribution in [2.75, 3.05) is 13.2 Å². The molecule has 0 fully saturated rings. The summed E-state index contributed by atoms with van der Waals surface area (Å²) in [5.41, 5.74) is 0. The topological polar surface area (TPSA) is 21.3 Å². The minimum atomic E-state index is 0.680. The smallest absolute Gasteiger partial charge is 0.179 e. The van der Waals surface area contributed by atoms with Gasteiger partial charge in [-0.2, -0.15) is 0 Å². The molecule has 0 aromatic rings. The molecule has 1 N–H and O–H groups in total. The highest BCUT2D eigenvalue weighted by atomic mass is 16.5. The first-order chi connectivity index (χ1) is 4.31. The van der Waals surface area contributed by atoms with Gasteiger partial charge in [-0.25, -0.2) is 0 Å². The molecule has 54 valence electrons. The molecule has 0 aliphatic heterocycles. The molecule has 0 saturated heterocycles. The van der Waals surface area contributed by atoms with Crippen molar-refractivity contribution < 1.29 is 4.74 Å². The number of ether oxygens (including phenoxy) is 1. The monoisotopic (exact) mass is 129 g/mol. The summed E-state index contributed by atoms with van der Waals surface area (Å²) in [6.07, 6.45) is 1.10. The maximum atomic E-state index is 5.04. The Morgan fingerprint density at radius 3 is 2.67 bits per heavy atom. The van der Waals surface area contributed by atoms with Gasteiger partial charge < -0.3 is 10.1 Å². The van der Waals surface area contributed by atoms with Gasteiger partial charge >= 0.3 is 0 Å². The Hall–Kier alpha value is -0.660. The lowest BCUT2D eigenvalue weighted by Gasteiger charge is -2.07. The highest BCUT2D eigenvalue weighted by Gasteiger charge is 1.86. The summed E-state index contributed by atoms with van der Waals surface area (Å²) in [6.45, 7) is 9.33. The Bertz CT molecular complexity index is 81.0. The maximum absolute atomic E-state index is 5.04. The van der Waals surface area contributed by atoms with Crippen molar-refractivity contribution in [2.24, 2.45) is 0 Å². The molecule has 2 nitrogen and oxygen atoms in total. The van der Waals surface area contributed by atoms with Crippen LogP contribution in [0.3, 0.4) is 0 Å². The van der Waals surface area contributed by atoms with Gasteiger partial charge in [-0.15, -0.1) is 0 Å². The Kier molecular flexibility index (Phi) is 5.07. The Labute approximate surface area is 56.9 Å². The Balaban J connectivity index is 3.06. The molecule has 9 heavy (non-hydrogen) atoms. The molecule has 0 aromatic heterocycles. The zero-order chi connectivity index (χ0) is 7.11. The highest BCUT2D eigenvalue weighted by molar-refractivity contribution is 4.77. The fraction of sp³-hybridized carbons (Fsp3) is 0.714. The molecule has 0 unspecified atom stereocenters. The molecule has 0 spiro atoms. The normalized spacial score (nSPS) is 8.67. The van der Waals surface area contributed by atoms with Crippen molar-refractivity contribution in [1.29, 1.82) is 0 Å². The fourth-order valence-corrected chi connectivity index (χ4v) is 0.490. The third-order valence-corrected chi connectivity index (χ3v) is 0.891. The van der Waals surface area contributed by atoms with Crippen molar-refractivity contribution in [1.82, 2.24) is 5.32 Å². The van der Waals surface area contributed by atoms with E-state index in [9.17, 15) is 0 Å². The van der Waals surface area contributed by atoms with Gasteiger partial charge in [-0.1, -0.05) is 6.92 Å². The van der Waals surface area contributed by atoms with E-state index < -0.39 is 0 Å². The summed E-state index contributed by atoms with van der Waals surface area (Å²) in [7, 11) is 0. The van der Waals surface area contributed by atoms with Crippen LogP contribution in [0.5, 0.6) is 0 Å². The standard InChI is InChI=1S/C7H15NO/c1-4-6-8-7(3)9-5-2/h8H,3-6H2,1-2H3. The predicted octanol–water partition coefficient (Wildman–Crippen LogP) is 1.49. The van der Waals surface area contributed by atoms with E-state index in [1.807, 2.05) is 6.92 Å². The lowest BCUT2D eigenvalue weighted by molar-refractivity contribution is 0.208. The van der Waals surface area contributed by atoms with Gasteiger partial charge in [0.2, 0.25) is 0 Å². The van der Waals surface area contributed by atoms with Crippen LogP contribution in [0.2, 0.25) is 0 Å². The Morgan fingerprint density at radius 2 is 2.22 bits per heavy atom. The fourth-order valence-electron chi connectivity index (χ4n) is 0.490. The minimum absolute atomic E-state index is 0.680. The third kappa shape index (κ3) is 5.21. The molecule has 0 rings (SSSR count). The van der Waals surface area contributed by atoms with Crippen molar-refractivity contribution in [3.8, 4) is 0 Å². The zero-order valence-corrected chi connectivity index (χ0v) is 6.24. The molecule has 0 aliphatic rings. The lowest BCUT2D eigenvalue weighted by atomic mass is 10.5. The average molecular weight is 129 g/mol. The molecular formula is C7H15NO. The summed E-state index contributed by atoms with van der Waals surface area (Å²) >= 11 is 0. The van der Waals surface area contributed by atoms with E-state index in [-0.39, 0.29) is 0 Å². The van der Waals surface area contributed by atoms with Gasteiger partial charge in [0.15, 0.2) is 5.88 Å². The minimum Gasteiger partial charge on any atom is -0.480 e. The van der Waals surface area contributed by atoms with E-state index in [0.717, 1.165) is 13.0 Å².